The van der Waals surface area contributed by atoms with Crippen LogP contribution in [0.4, 0.5) is 17.2 Å². The van der Waals surface area contributed by atoms with Crippen molar-refractivity contribution in [2.24, 2.45) is 0 Å². The van der Waals surface area contributed by atoms with Crippen molar-refractivity contribution >= 4 is 28.8 Å². The van der Waals surface area contributed by atoms with Gasteiger partial charge in [0.25, 0.3) is 0 Å². The zero-order valence-corrected chi connectivity index (χ0v) is 10.5. The van der Waals surface area contributed by atoms with E-state index >= 15 is 0 Å². The number of nitrogens with zero attached hydrogens (tertiary/aromatic N) is 2. The predicted octanol–water partition coefficient (Wildman–Crippen LogP) is 3.24. The van der Waals surface area contributed by atoms with E-state index in [1.54, 1.807) is 24.4 Å². The zero-order valence-electron chi connectivity index (χ0n) is 9.74. The number of nitrogens with one attached hydrogen (secondary N) is 1. The standard InChI is InChI=1S/C13H11ClN4/c1-8-4-5-17-13(12(8)16)18-11-3-2-9(7-15)6-10(11)14/h2-6H,16H2,1H3,(H,17,18). The van der Waals surface area contributed by atoms with Crippen molar-refractivity contribution in [2.45, 2.75) is 6.92 Å². The molecule has 4 nitrogen and oxygen atoms in total. The molecule has 90 valence electrons. The Balaban J connectivity index is 2.35. The molecule has 0 spiro atoms. The summed E-state index contributed by atoms with van der Waals surface area (Å²) in [6, 6.07) is 8.86. The van der Waals surface area contributed by atoms with Crippen molar-refractivity contribution in [1.29, 1.82) is 5.26 Å². The number of benzene rings is 1. The van der Waals surface area contributed by atoms with Crippen LogP contribution in [0.5, 0.6) is 0 Å². The van der Waals surface area contributed by atoms with E-state index < -0.39 is 0 Å². The van der Waals surface area contributed by atoms with E-state index in [2.05, 4.69) is 10.3 Å². The van der Waals surface area contributed by atoms with E-state index in [9.17, 15) is 0 Å². The minimum absolute atomic E-state index is 0.455. The maximum absolute atomic E-state index is 8.76. The van der Waals surface area contributed by atoms with Crippen molar-refractivity contribution in [2.75, 3.05) is 11.1 Å². The second-order valence-corrected chi connectivity index (χ2v) is 4.23. The molecule has 2 rings (SSSR count). The maximum Gasteiger partial charge on any atom is 0.153 e. The molecule has 18 heavy (non-hydrogen) atoms. The highest BCUT2D eigenvalue weighted by Crippen LogP contribution is 2.28. The number of halogens is 1. The number of hydrogen-bond acceptors (Lipinski definition) is 4. The van der Waals surface area contributed by atoms with Crippen LogP contribution in [0.2, 0.25) is 5.02 Å². The van der Waals surface area contributed by atoms with Crippen LogP contribution in [0.15, 0.2) is 30.5 Å². The van der Waals surface area contributed by atoms with Crippen molar-refractivity contribution < 1.29 is 0 Å². The molecular formula is C13H11ClN4. The van der Waals surface area contributed by atoms with Crippen molar-refractivity contribution in [3.8, 4) is 6.07 Å². The molecule has 5 heteroatoms. The fourth-order valence-electron chi connectivity index (χ4n) is 1.48. The van der Waals surface area contributed by atoms with Gasteiger partial charge in [0.05, 0.1) is 28.0 Å². The number of pyridine rings is 1. The van der Waals surface area contributed by atoms with E-state index in [0.29, 0.717) is 27.8 Å². The molecule has 0 bridgehead atoms. The molecule has 0 aliphatic carbocycles. The number of hydrogen-bond donors (Lipinski definition) is 2. The zero-order chi connectivity index (χ0) is 13.1. The van der Waals surface area contributed by atoms with E-state index in [1.807, 2.05) is 19.1 Å². The summed E-state index contributed by atoms with van der Waals surface area (Å²) in [4.78, 5) is 4.16. The highest BCUT2D eigenvalue weighted by molar-refractivity contribution is 6.33. The summed E-state index contributed by atoms with van der Waals surface area (Å²) >= 11 is 6.07. The lowest BCUT2D eigenvalue weighted by Gasteiger charge is -2.11. The minimum atomic E-state index is 0.455. The Kier molecular flexibility index (Phi) is 3.35. The van der Waals surface area contributed by atoms with E-state index in [4.69, 9.17) is 22.6 Å². The topological polar surface area (TPSA) is 74.7 Å². The van der Waals surface area contributed by atoms with Crippen LogP contribution in [0.1, 0.15) is 11.1 Å². The van der Waals surface area contributed by atoms with Crippen molar-refractivity contribution in [3.63, 3.8) is 0 Å². The number of anilines is 3. The van der Waals surface area contributed by atoms with Gasteiger partial charge in [0, 0.05) is 6.20 Å². The molecule has 1 heterocycles. The summed E-state index contributed by atoms with van der Waals surface area (Å²) in [7, 11) is 0. The molecule has 1 aromatic carbocycles. The average molecular weight is 259 g/mol. The Morgan fingerprint density at radius 1 is 1.39 bits per heavy atom. The summed E-state index contributed by atoms with van der Waals surface area (Å²) in [6.07, 6.45) is 1.67. The van der Waals surface area contributed by atoms with E-state index in [1.165, 1.54) is 0 Å². The number of rotatable bonds is 2. The summed E-state index contributed by atoms with van der Waals surface area (Å²) in [5.41, 5.74) is 8.62. The first-order chi connectivity index (χ1) is 8.61. The Hall–Kier alpha value is -2.25. The van der Waals surface area contributed by atoms with Gasteiger partial charge in [-0.1, -0.05) is 11.6 Å². The number of aryl methyl sites for hydroxylation is 1. The fraction of sp³-hybridized carbons (Fsp3) is 0.0769. The first kappa shape index (κ1) is 12.2. The summed E-state index contributed by atoms with van der Waals surface area (Å²) in [5.74, 6) is 0.557. The summed E-state index contributed by atoms with van der Waals surface area (Å²) in [5, 5.41) is 12.3. The monoisotopic (exact) mass is 258 g/mol. The van der Waals surface area contributed by atoms with Crippen LogP contribution in [0, 0.1) is 18.3 Å². The van der Waals surface area contributed by atoms with Gasteiger partial charge in [-0.25, -0.2) is 4.98 Å². The highest BCUT2D eigenvalue weighted by Gasteiger charge is 2.06. The van der Waals surface area contributed by atoms with E-state index in [0.717, 1.165) is 5.56 Å². The molecule has 0 unspecified atom stereocenters. The largest absolute Gasteiger partial charge is 0.396 e. The van der Waals surface area contributed by atoms with Crippen LogP contribution in [-0.4, -0.2) is 4.98 Å². The van der Waals surface area contributed by atoms with Crippen LogP contribution < -0.4 is 11.1 Å². The number of nitriles is 1. The second-order valence-electron chi connectivity index (χ2n) is 3.82. The number of nitrogen functional groups attached to an aromatic ring is 1. The van der Waals surface area contributed by atoms with Crippen LogP contribution in [0.25, 0.3) is 0 Å². The predicted molar refractivity (Wildman–Crippen MR) is 72.8 cm³/mol. The highest BCUT2D eigenvalue weighted by atomic mass is 35.5. The SMILES string of the molecule is Cc1ccnc(Nc2ccc(C#N)cc2Cl)c1N. The molecule has 0 fully saturated rings. The molecule has 0 aliphatic heterocycles. The quantitative estimate of drug-likeness (QED) is 0.867. The molecule has 0 atom stereocenters. The average Bonchev–Trinajstić information content (AvgIpc) is 2.37. The molecule has 0 amide bonds. The lowest BCUT2D eigenvalue weighted by Crippen LogP contribution is -2.01. The van der Waals surface area contributed by atoms with Gasteiger partial charge in [-0.05, 0) is 36.8 Å². The number of aromatic nitrogens is 1. The molecule has 0 aliphatic rings. The Morgan fingerprint density at radius 3 is 2.83 bits per heavy atom. The Bertz CT molecular complexity index is 631. The fourth-order valence-corrected chi connectivity index (χ4v) is 1.71. The molecule has 3 N–H and O–H groups in total. The van der Waals surface area contributed by atoms with Gasteiger partial charge < -0.3 is 11.1 Å². The Morgan fingerprint density at radius 2 is 2.17 bits per heavy atom. The van der Waals surface area contributed by atoms with Gasteiger partial charge in [0.15, 0.2) is 5.82 Å². The van der Waals surface area contributed by atoms with Crippen LogP contribution >= 0.6 is 11.6 Å². The Labute approximate surface area is 110 Å². The minimum Gasteiger partial charge on any atom is -0.396 e. The van der Waals surface area contributed by atoms with Gasteiger partial charge in [0.2, 0.25) is 0 Å². The van der Waals surface area contributed by atoms with Gasteiger partial charge in [-0.15, -0.1) is 0 Å². The normalized spacial score (nSPS) is 9.83. The molecule has 0 saturated carbocycles. The third kappa shape index (κ3) is 2.36. The third-order valence-electron chi connectivity index (χ3n) is 2.56. The lowest BCUT2D eigenvalue weighted by atomic mass is 10.2. The first-order valence-electron chi connectivity index (χ1n) is 5.29. The van der Waals surface area contributed by atoms with Gasteiger partial charge in [0.1, 0.15) is 0 Å². The van der Waals surface area contributed by atoms with Crippen LogP contribution in [-0.2, 0) is 0 Å². The summed E-state index contributed by atoms with van der Waals surface area (Å²) in [6.45, 7) is 1.91. The third-order valence-corrected chi connectivity index (χ3v) is 2.87. The second kappa shape index (κ2) is 4.94. The molecule has 0 radical (unpaired) electrons. The van der Waals surface area contributed by atoms with Crippen LogP contribution in [0.3, 0.4) is 0 Å². The smallest absolute Gasteiger partial charge is 0.153 e. The summed E-state index contributed by atoms with van der Waals surface area (Å²) < 4.78 is 0. The molecule has 0 saturated heterocycles. The molecule has 1 aromatic heterocycles. The van der Waals surface area contributed by atoms with Crippen molar-refractivity contribution in [3.05, 3.63) is 46.6 Å². The van der Waals surface area contributed by atoms with Gasteiger partial charge >= 0.3 is 0 Å². The maximum atomic E-state index is 8.76. The van der Waals surface area contributed by atoms with E-state index in [-0.39, 0.29) is 0 Å². The van der Waals surface area contributed by atoms with Gasteiger partial charge in [-0.2, -0.15) is 5.26 Å². The molecule has 2 aromatic rings. The first-order valence-corrected chi connectivity index (χ1v) is 5.67. The lowest BCUT2D eigenvalue weighted by molar-refractivity contribution is 1.28. The van der Waals surface area contributed by atoms with Gasteiger partial charge in [-0.3, -0.25) is 0 Å². The van der Waals surface area contributed by atoms with Crippen molar-refractivity contribution in [1.82, 2.24) is 4.98 Å². The molecular weight excluding hydrogens is 248 g/mol. The number of nitrogens with two attached hydrogens (primary N) is 1.